The van der Waals surface area contributed by atoms with Gasteiger partial charge in [0.2, 0.25) is 0 Å². The molecule has 0 aliphatic heterocycles. The molecular weight excluding hydrogens is 392 g/mol. The number of hydrogen-bond donors (Lipinski definition) is 4. The van der Waals surface area contributed by atoms with Gasteiger partial charge in [-0.2, -0.15) is 0 Å². The van der Waals surface area contributed by atoms with Crippen LogP contribution in [0.1, 0.15) is 53.4 Å². The molecule has 0 amide bonds. The van der Waals surface area contributed by atoms with Crippen LogP contribution in [0.25, 0.3) is 0 Å². The molecule has 0 heterocycles. The van der Waals surface area contributed by atoms with Crippen LogP contribution in [0.15, 0.2) is 23.7 Å². The number of hydrogen-bond acceptors (Lipinski definition) is 8. The number of esters is 2. The van der Waals surface area contributed by atoms with Crippen LogP contribution in [0, 0.1) is 0 Å². The Bertz CT molecular complexity index is 334. The molecule has 0 rings (SSSR count). The van der Waals surface area contributed by atoms with E-state index in [1.54, 1.807) is 0 Å². The molecule has 0 aliphatic carbocycles. The number of rotatable bonds is 6. The molecule has 4 N–H and O–H groups in total. The zero-order chi connectivity index (χ0) is 21.4. The molecule has 0 aromatic rings. The minimum atomic E-state index is -0.537. The number of allylic oxidation sites excluding steroid dienone is 2. The van der Waals surface area contributed by atoms with Gasteiger partial charge in [-0.05, 0) is 26.7 Å². The van der Waals surface area contributed by atoms with Crippen molar-refractivity contribution in [3.63, 3.8) is 0 Å². The summed E-state index contributed by atoms with van der Waals surface area (Å²) in [5.41, 5.74) is 0. The second-order valence-electron chi connectivity index (χ2n) is 4.77. The Hall–Kier alpha value is -1.35. The molecule has 0 unspecified atom stereocenters. The van der Waals surface area contributed by atoms with Crippen molar-refractivity contribution in [1.82, 2.24) is 0 Å². The van der Waals surface area contributed by atoms with Gasteiger partial charge in [0, 0.05) is 34.9 Å². The van der Waals surface area contributed by atoms with Crippen LogP contribution in [0.5, 0.6) is 0 Å². The van der Waals surface area contributed by atoms with Crippen LogP contribution in [0.4, 0.5) is 0 Å². The molecule has 0 radical (unpaired) electrons. The molecule has 160 valence electrons. The zero-order valence-corrected chi connectivity index (χ0v) is 18.9. The molecule has 0 aliphatic rings. The third-order valence-corrected chi connectivity index (χ3v) is 2.08. The third kappa shape index (κ3) is 58.9. The average molecular weight is 428 g/mol. The van der Waals surface area contributed by atoms with Gasteiger partial charge in [0.05, 0.1) is 37.9 Å². The number of carbonyl (C=O) groups is 2. The van der Waals surface area contributed by atoms with Crippen molar-refractivity contribution in [2.75, 3.05) is 27.4 Å². The molecule has 0 saturated heterocycles. The Balaban J connectivity index is -0.0000000807. The fourth-order valence-corrected chi connectivity index (χ4v) is 0.775. The fourth-order valence-electron chi connectivity index (χ4n) is 0.775. The van der Waals surface area contributed by atoms with Gasteiger partial charge in [-0.3, -0.25) is 0 Å². The number of aliphatic hydroxyl groups excluding tert-OH is 4. The van der Waals surface area contributed by atoms with E-state index < -0.39 is 11.9 Å². The Labute approximate surface area is 177 Å². The molecular formula is C18H36O8Ti. The van der Waals surface area contributed by atoms with E-state index >= 15 is 0 Å². The first-order valence-electron chi connectivity index (χ1n) is 8.28. The van der Waals surface area contributed by atoms with Crippen molar-refractivity contribution >= 4 is 11.9 Å². The molecule has 0 aromatic heterocycles. The maximum absolute atomic E-state index is 10.2. The minimum absolute atomic E-state index is 0. The Morgan fingerprint density at radius 2 is 1.04 bits per heavy atom. The van der Waals surface area contributed by atoms with Crippen LogP contribution in [-0.2, 0) is 40.8 Å². The summed E-state index contributed by atoms with van der Waals surface area (Å²) in [4.78, 5) is 20.3. The largest absolute Gasteiger partial charge is 0.512 e. The molecule has 27 heavy (non-hydrogen) atoms. The molecule has 0 spiro atoms. The predicted octanol–water partition coefficient (Wildman–Crippen LogP) is 2.80. The molecule has 0 fully saturated rings. The number of methoxy groups -OCH3 is 2. The number of aliphatic hydroxyl groups is 4. The van der Waals surface area contributed by atoms with Crippen LogP contribution < -0.4 is 0 Å². The number of ether oxygens (including phenoxy) is 2. The van der Waals surface area contributed by atoms with Gasteiger partial charge in [-0.1, -0.05) is 26.7 Å². The maximum atomic E-state index is 10.2. The first-order chi connectivity index (χ1) is 12.2. The van der Waals surface area contributed by atoms with Gasteiger partial charge < -0.3 is 29.9 Å². The SMILES string of the molecule is CCCCO.CCCCO.COC(=O)C=C(C)O.COC(=O)C=C(C)O.[Ti]. The normalized spacial score (nSPS) is 9.63. The van der Waals surface area contributed by atoms with E-state index in [1.807, 2.05) is 0 Å². The summed E-state index contributed by atoms with van der Waals surface area (Å²) >= 11 is 0. The van der Waals surface area contributed by atoms with Crippen LogP contribution in [0.3, 0.4) is 0 Å². The number of carbonyl (C=O) groups excluding carboxylic acids is 2. The molecule has 0 bridgehead atoms. The van der Waals surface area contributed by atoms with Gasteiger partial charge in [0.25, 0.3) is 0 Å². The second-order valence-corrected chi connectivity index (χ2v) is 4.77. The van der Waals surface area contributed by atoms with Gasteiger partial charge in [0.1, 0.15) is 0 Å². The first-order valence-corrected chi connectivity index (χ1v) is 8.28. The molecule has 9 heteroatoms. The van der Waals surface area contributed by atoms with E-state index in [9.17, 15) is 9.59 Å². The quantitative estimate of drug-likeness (QED) is 0.220. The van der Waals surface area contributed by atoms with E-state index in [0.717, 1.165) is 37.8 Å². The maximum Gasteiger partial charge on any atom is 0.333 e. The van der Waals surface area contributed by atoms with Crippen molar-refractivity contribution in [1.29, 1.82) is 0 Å². The van der Waals surface area contributed by atoms with Gasteiger partial charge in [-0.25, -0.2) is 9.59 Å². The molecule has 0 aromatic carbocycles. The van der Waals surface area contributed by atoms with Crippen molar-refractivity contribution in [3.05, 3.63) is 23.7 Å². The van der Waals surface area contributed by atoms with E-state index in [-0.39, 0.29) is 33.2 Å². The summed E-state index contributed by atoms with van der Waals surface area (Å²) < 4.78 is 8.37. The van der Waals surface area contributed by atoms with Crippen molar-refractivity contribution in [3.8, 4) is 0 Å². The second kappa shape index (κ2) is 32.3. The van der Waals surface area contributed by atoms with E-state index in [1.165, 1.54) is 28.1 Å². The van der Waals surface area contributed by atoms with Crippen molar-refractivity contribution < 1.29 is 61.2 Å². The Morgan fingerprint density at radius 3 is 1.07 bits per heavy atom. The predicted molar refractivity (Wildman–Crippen MR) is 101 cm³/mol. The minimum Gasteiger partial charge on any atom is -0.512 e. The monoisotopic (exact) mass is 428 g/mol. The topological polar surface area (TPSA) is 134 Å². The van der Waals surface area contributed by atoms with Crippen LogP contribution in [0.2, 0.25) is 0 Å². The van der Waals surface area contributed by atoms with Gasteiger partial charge in [-0.15, -0.1) is 0 Å². The Kier molecular flexibility index (Phi) is 43.8. The van der Waals surface area contributed by atoms with Gasteiger partial charge in [0.15, 0.2) is 0 Å². The summed E-state index contributed by atoms with van der Waals surface area (Å²) in [5.74, 6) is -1.16. The summed E-state index contributed by atoms with van der Waals surface area (Å²) in [6, 6.07) is 0. The summed E-state index contributed by atoms with van der Waals surface area (Å²) in [6.45, 7) is 7.59. The van der Waals surface area contributed by atoms with E-state index in [4.69, 9.17) is 20.4 Å². The summed E-state index contributed by atoms with van der Waals surface area (Å²) in [7, 11) is 2.50. The first kappa shape index (κ1) is 36.6. The van der Waals surface area contributed by atoms with E-state index in [0.29, 0.717) is 13.2 Å². The zero-order valence-electron chi connectivity index (χ0n) is 17.3. The van der Waals surface area contributed by atoms with Crippen LogP contribution >= 0.6 is 0 Å². The summed E-state index contributed by atoms with van der Waals surface area (Å²) in [6.07, 6.45) is 6.08. The standard InChI is InChI=1S/2C5H8O3.2C4H10O.Ti/c2*1-4(6)3-5(7)8-2;2*1-2-3-4-5;/h2*3,6H,1-2H3;2*5H,2-4H2,1H3;. The average Bonchev–Trinajstić information content (AvgIpc) is 2.56. The third-order valence-electron chi connectivity index (χ3n) is 2.08. The molecule has 8 nitrogen and oxygen atoms in total. The number of unbranched alkanes of at least 4 members (excludes halogenated alkanes) is 2. The fraction of sp³-hybridized carbons (Fsp3) is 0.667. The van der Waals surface area contributed by atoms with Gasteiger partial charge >= 0.3 is 11.9 Å². The Morgan fingerprint density at radius 1 is 0.778 bits per heavy atom. The summed E-state index contributed by atoms with van der Waals surface area (Å²) in [5, 5.41) is 33.0. The van der Waals surface area contributed by atoms with E-state index in [2.05, 4.69) is 23.3 Å². The molecule has 0 saturated carbocycles. The van der Waals surface area contributed by atoms with Crippen LogP contribution in [-0.4, -0.2) is 59.8 Å². The smallest absolute Gasteiger partial charge is 0.333 e. The van der Waals surface area contributed by atoms with Crippen molar-refractivity contribution in [2.45, 2.75) is 53.4 Å². The van der Waals surface area contributed by atoms with Crippen molar-refractivity contribution in [2.24, 2.45) is 0 Å². The molecule has 0 atom stereocenters.